The zero-order valence-corrected chi connectivity index (χ0v) is 17.7. The van der Waals surface area contributed by atoms with Crippen LogP contribution in [-0.4, -0.2) is 34.4 Å². The van der Waals surface area contributed by atoms with Gasteiger partial charge in [0.15, 0.2) is 5.01 Å². The maximum Gasteiger partial charge on any atom is 0.166 e. The Bertz CT molecular complexity index is 855. The van der Waals surface area contributed by atoms with Gasteiger partial charge in [-0.2, -0.15) is 0 Å². The maximum atomic E-state index is 5.88. The Balaban J connectivity index is 1.82. The topological polar surface area (TPSA) is 52.8 Å². The summed E-state index contributed by atoms with van der Waals surface area (Å²) in [6.45, 7) is 10.3. The van der Waals surface area contributed by atoms with Crippen LogP contribution in [0.5, 0.6) is 0 Å². The van der Waals surface area contributed by atoms with Crippen LogP contribution in [0.1, 0.15) is 5.01 Å². The minimum absolute atomic E-state index is 0.512. The van der Waals surface area contributed by atoms with E-state index in [0.29, 0.717) is 6.73 Å². The van der Waals surface area contributed by atoms with Gasteiger partial charge in [0.05, 0.1) is 0 Å². The highest BCUT2D eigenvalue weighted by atomic mass is 79.9. The fraction of sp³-hybridized carbons (Fsp3) is 0.438. The van der Waals surface area contributed by atoms with Crippen LogP contribution in [0.15, 0.2) is 22.8 Å². The largest absolute Gasteiger partial charge is 0.361 e. The van der Waals surface area contributed by atoms with Crippen molar-refractivity contribution in [2.45, 2.75) is 39.3 Å². The van der Waals surface area contributed by atoms with Gasteiger partial charge >= 0.3 is 0 Å². The van der Waals surface area contributed by atoms with Gasteiger partial charge in [-0.25, -0.2) is 4.98 Å². The molecule has 0 unspecified atom stereocenters. The second kappa shape index (κ2) is 7.03. The summed E-state index contributed by atoms with van der Waals surface area (Å²) in [7, 11) is -1.07. The fourth-order valence-electron chi connectivity index (χ4n) is 2.28. The lowest BCUT2D eigenvalue weighted by Gasteiger charge is -2.15. The van der Waals surface area contributed by atoms with Crippen LogP contribution < -0.4 is 0 Å². The maximum absolute atomic E-state index is 5.88. The SMILES string of the molecule is Cc1nnc(-c2ccc3c(Br)cn(COCC[Si](C)(C)C)c3n2)s1. The van der Waals surface area contributed by atoms with Crippen LogP contribution in [0.3, 0.4) is 0 Å². The molecule has 0 bridgehead atoms. The van der Waals surface area contributed by atoms with Crippen molar-refractivity contribution < 1.29 is 4.74 Å². The van der Waals surface area contributed by atoms with E-state index < -0.39 is 8.07 Å². The lowest BCUT2D eigenvalue weighted by atomic mass is 10.3. The predicted octanol–water partition coefficient (Wildman–Crippen LogP) is 4.94. The van der Waals surface area contributed by atoms with Crippen molar-refractivity contribution in [2.24, 2.45) is 0 Å². The number of pyridine rings is 1. The van der Waals surface area contributed by atoms with Crippen molar-refractivity contribution in [3.63, 3.8) is 0 Å². The summed E-state index contributed by atoms with van der Waals surface area (Å²) >= 11 is 5.16. The van der Waals surface area contributed by atoms with Crippen molar-refractivity contribution in [2.75, 3.05) is 6.61 Å². The van der Waals surface area contributed by atoms with Crippen LogP contribution >= 0.6 is 27.3 Å². The average Bonchev–Trinajstić information content (AvgIpc) is 3.07. The van der Waals surface area contributed by atoms with Crippen molar-refractivity contribution >= 4 is 46.4 Å². The van der Waals surface area contributed by atoms with Crippen molar-refractivity contribution in [1.29, 1.82) is 0 Å². The third-order valence-corrected chi connectivity index (χ3v) is 6.84. The van der Waals surface area contributed by atoms with E-state index in [1.807, 2.05) is 23.8 Å². The third kappa shape index (κ3) is 4.11. The van der Waals surface area contributed by atoms with Crippen LogP contribution in [-0.2, 0) is 11.5 Å². The first-order chi connectivity index (χ1) is 11.3. The van der Waals surface area contributed by atoms with E-state index in [-0.39, 0.29) is 0 Å². The number of hydrogen-bond donors (Lipinski definition) is 0. The zero-order valence-electron chi connectivity index (χ0n) is 14.3. The molecule has 0 saturated carbocycles. The van der Waals surface area contributed by atoms with Crippen molar-refractivity contribution in [1.82, 2.24) is 19.7 Å². The van der Waals surface area contributed by atoms with Crippen molar-refractivity contribution in [3.05, 3.63) is 27.8 Å². The molecular weight excluding hydrogens is 404 g/mol. The molecule has 0 aliphatic carbocycles. The molecule has 24 heavy (non-hydrogen) atoms. The fourth-order valence-corrected chi connectivity index (χ4v) is 4.25. The number of halogens is 1. The number of aryl methyl sites for hydroxylation is 1. The molecule has 0 fully saturated rings. The molecule has 0 aliphatic heterocycles. The molecule has 0 N–H and O–H groups in total. The van der Waals surface area contributed by atoms with Crippen LogP contribution in [0.25, 0.3) is 21.7 Å². The summed E-state index contributed by atoms with van der Waals surface area (Å²) in [4.78, 5) is 4.78. The highest BCUT2D eigenvalue weighted by Crippen LogP contribution is 2.29. The number of rotatable bonds is 6. The summed E-state index contributed by atoms with van der Waals surface area (Å²) < 4.78 is 8.95. The summed E-state index contributed by atoms with van der Waals surface area (Å²) in [6, 6.07) is 5.22. The molecule has 3 heterocycles. The second-order valence-electron chi connectivity index (χ2n) is 6.99. The Morgan fingerprint density at radius 1 is 1.25 bits per heavy atom. The monoisotopic (exact) mass is 424 g/mol. The Kier molecular flexibility index (Phi) is 5.19. The standard InChI is InChI=1S/C16H21BrN4OSSi/c1-11-19-20-16(23-11)14-6-5-12-13(17)9-21(15(12)18-14)10-22-7-8-24(2,3)4/h5-6,9H,7-8,10H2,1-4H3. The van der Waals surface area contributed by atoms with E-state index in [2.05, 4.69) is 51.8 Å². The number of nitrogens with zero attached hydrogens (tertiary/aromatic N) is 4. The van der Waals surface area contributed by atoms with Gasteiger partial charge in [0.25, 0.3) is 0 Å². The van der Waals surface area contributed by atoms with Crippen molar-refractivity contribution in [3.8, 4) is 10.7 Å². The third-order valence-electron chi connectivity index (χ3n) is 3.65. The van der Waals surface area contributed by atoms with Gasteiger partial charge in [-0.1, -0.05) is 31.0 Å². The quantitative estimate of drug-likeness (QED) is 0.415. The molecule has 3 aromatic heterocycles. The molecule has 0 aliphatic rings. The first kappa shape index (κ1) is 17.7. The van der Waals surface area contributed by atoms with Gasteiger partial charge in [-0.3, -0.25) is 0 Å². The Morgan fingerprint density at radius 2 is 2.04 bits per heavy atom. The van der Waals surface area contributed by atoms with Crippen LogP contribution in [0, 0.1) is 6.92 Å². The molecule has 8 heteroatoms. The summed E-state index contributed by atoms with van der Waals surface area (Å²) in [5, 5.41) is 11.1. The molecule has 3 aromatic rings. The van der Waals surface area contributed by atoms with Gasteiger partial charge in [0, 0.05) is 30.7 Å². The molecular formula is C16H21BrN4OSSi. The molecule has 0 radical (unpaired) electrons. The lowest BCUT2D eigenvalue weighted by molar-refractivity contribution is 0.0898. The molecule has 0 amide bonds. The number of aromatic nitrogens is 4. The van der Waals surface area contributed by atoms with Crippen LogP contribution in [0.2, 0.25) is 25.7 Å². The summed E-state index contributed by atoms with van der Waals surface area (Å²) in [6.07, 6.45) is 2.03. The van der Waals surface area contributed by atoms with Gasteiger partial charge in [0.2, 0.25) is 0 Å². The summed E-state index contributed by atoms with van der Waals surface area (Å²) in [5.74, 6) is 0. The second-order valence-corrected chi connectivity index (χ2v) is 14.6. The lowest BCUT2D eigenvalue weighted by Crippen LogP contribution is -2.22. The molecule has 0 atom stereocenters. The molecule has 0 saturated heterocycles. The molecule has 128 valence electrons. The Hall–Kier alpha value is -1.09. The molecule has 3 rings (SSSR count). The Labute approximate surface area is 155 Å². The van der Waals surface area contributed by atoms with Gasteiger partial charge in [-0.15, -0.1) is 10.2 Å². The smallest absolute Gasteiger partial charge is 0.166 e. The molecule has 5 nitrogen and oxygen atoms in total. The van der Waals surface area contributed by atoms with Gasteiger partial charge in [0.1, 0.15) is 23.1 Å². The first-order valence-electron chi connectivity index (χ1n) is 7.87. The number of fused-ring (bicyclic) bond motifs is 1. The molecule has 0 spiro atoms. The number of hydrogen-bond acceptors (Lipinski definition) is 5. The molecule has 0 aromatic carbocycles. The first-order valence-corrected chi connectivity index (χ1v) is 13.2. The normalized spacial score (nSPS) is 12.2. The van der Waals surface area contributed by atoms with E-state index in [9.17, 15) is 0 Å². The minimum atomic E-state index is -1.07. The van der Waals surface area contributed by atoms with E-state index in [1.54, 1.807) is 11.3 Å². The van der Waals surface area contributed by atoms with Gasteiger partial charge in [-0.05, 0) is 41.0 Å². The van der Waals surface area contributed by atoms with E-state index in [0.717, 1.165) is 43.9 Å². The van der Waals surface area contributed by atoms with Crippen LogP contribution in [0.4, 0.5) is 0 Å². The number of ether oxygens (including phenoxy) is 1. The summed E-state index contributed by atoms with van der Waals surface area (Å²) in [5.41, 5.74) is 1.75. The van der Waals surface area contributed by atoms with E-state index >= 15 is 0 Å². The average molecular weight is 425 g/mol. The van der Waals surface area contributed by atoms with E-state index in [1.165, 1.54) is 0 Å². The highest BCUT2D eigenvalue weighted by molar-refractivity contribution is 9.10. The van der Waals surface area contributed by atoms with E-state index in [4.69, 9.17) is 9.72 Å². The Morgan fingerprint density at radius 3 is 2.71 bits per heavy atom. The van der Waals surface area contributed by atoms with Gasteiger partial charge < -0.3 is 9.30 Å². The zero-order chi connectivity index (χ0) is 17.3. The highest BCUT2D eigenvalue weighted by Gasteiger charge is 2.14. The minimum Gasteiger partial charge on any atom is -0.361 e. The predicted molar refractivity (Wildman–Crippen MR) is 105 cm³/mol.